The van der Waals surface area contributed by atoms with Crippen LogP contribution in [-0.2, 0) is 14.8 Å². The molecular formula is C25H22F5NO4S. The maximum atomic E-state index is 13.5. The summed E-state index contributed by atoms with van der Waals surface area (Å²) in [6.07, 6.45) is -4.77. The molecule has 1 saturated heterocycles. The van der Waals surface area contributed by atoms with Gasteiger partial charge in [-0.05, 0) is 72.5 Å². The van der Waals surface area contributed by atoms with Crippen LogP contribution in [0, 0.1) is 11.6 Å². The van der Waals surface area contributed by atoms with Crippen molar-refractivity contribution in [2.45, 2.75) is 42.2 Å². The number of hydrogen-bond donors (Lipinski definition) is 1. The van der Waals surface area contributed by atoms with Gasteiger partial charge in [-0.15, -0.1) is 13.2 Å². The normalized spacial score (nSPS) is 18.8. The van der Waals surface area contributed by atoms with E-state index in [9.17, 15) is 30.4 Å². The van der Waals surface area contributed by atoms with E-state index in [2.05, 4.69) is 9.46 Å². The summed E-state index contributed by atoms with van der Waals surface area (Å²) in [5.74, 6) is -1.79. The minimum absolute atomic E-state index is 0.214. The molecule has 1 heterocycles. The molecule has 0 unspecified atom stereocenters. The molecule has 36 heavy (non-hydrogen) atoms. The molecule has 1 N–H and O–H groups in total. The van der Waals surface area contributed by atoms with Crippen molar-refractivity contribution < 1.29 is 39.8 Å². The van der Waals surface area contributed by atoms with Crippen molar-refractivity contribution in [2.75, 3.05) is 6.61 Å². The fourth-order valence-electron chi connectivity index (χ4n) is 4.24. The molecule has 1 aliphatic rings. The number of halogens is 5. The van der Waals surface area contributed by atoms with Crippen molar-refractivity contribution in [1.82, 2.24) is 4.72 Å². The molecule has 5 nitrogen and oxygen atoms in total. The molecule has 0 radical (unpaired) electrons. The van der Waals surface area contributed by atoms with Gasteiger partial charge in [0.1, 0.15) is 17.4 Å². The van der Waals surface area contributed by atoms with E-state index in [1.807, 2.05) is 0 Å². The Kier molecular flexibility index (Phi) is 7.62. The third kappa shape index (κ3) is 6.59. The summed E-state index contributed by atoms with van der Waals surface area (Å²) in [5.41, 5.74) is 1.44. The zero-order chi connectivity index (χ0) is 25.9. The smallest absolute Gasteiger partial charge is 0.406 e. The Labute approximate surface area is 204 Å². The largest absolute Gasteiger partial charge is 0.573 e. The molecule has 4 rings (SSSR count). The standard InChI is InChI=1S/C25H22F5NO4S/c26-18-5-1-16(2-6-18)24(17-3-7-19(27)8-4-17)23-15-20(13-14-34-23)31-36(32,33)22-11-9-21(10-12-22)35-25(28,29)30/h1-12,20,23-24,31H,13-15H2/t20-,23-/m1/s1. The summed E-state index contributed by atoms with van der Waals surface area (Å²) in [5, 5.41) is 0. The number of ether oxygens (including phenoxy) is 2. The van der Waals surface area contributed by atoms with Crippen LogP contribution in [0.1, 0.15) is 29.9 Å². The van der Waals surface area contributed by atoms with Gasteiger partial charge in [-0.3, -0.25) is 0 Å². The van der Waals surface area contributed by atoms with Gasteiger partial charge in [0.25, 0.3) is 0 Å². The van der Waals surface area contributed by atoms with Gasteiger partial charge in [-0.25, -0.2) is 21.9 Å². The molecule has 0 bridgehead atoms. The molecule has 0 spiro atoms. The number of alkyl halides is 3. The Morgan fingerprint density at radius 2 is 1.39 bits per heavy atom. The Morgan fingerprint density at radius 3 is 1.89 bits per heavy atom. The highest BCUT2D eigenvalue weighted by molar-refractivity contribution is 7.89. The van der Waals surface area contributed by atoms with Crippen molar-refractivity contribution in [3.63, 3.8) is 0 Å². The van der Waals surface area contributed by atoms with Crippen LogP contribution in [0.3, 0.4) is 0 Å². The van der Waals surface area contributed by atoms with E-state index in [1.54, 1.807) is 24.3 Å². The zero-order valence-electron chi connectivity index (χ0n) is 18.7. The fourth-order valence-corrected chi connectivity index (χ4v) is 5.52. The number of nitrogens with one attached hydrogen (secondary N) is 1. The Bertz CT molecular complexity index is 1220. The van der Waals surface area contributed by atoms with Crippen molar-refractivity contribution in [3.8, 4) is 5.75 Å². The Hall–Kier alpha value is -3.02. The molecule has 0 amide bonds. The second-order valence-corrected chi connectivity index (χ2v) is 10.1. The van der Waals surface area contributed by atoms with E-state index in [0.29, 0.717) is 6.42 Å². The summed E-state index contributed by atoms with van der Waals surface area (Å²) < 4.78 is 102. The third-order valence-corrected chi connectivity index (χ3v) is 7.37. The molecule has 192 valence electrons. The molecule has 3 aromatic carbocycles. The maximum absolute atomic E-state index is 13.5. The predicted molar refractivity (Wildman–Crippen MR) is 121 cm³/mol. The second kappa shape index (κ2) is 10.5. The van der Waals surface area contributed by atoms with Crippen molar-refractivity contribution in [1.29, 1.82) is 0 Å². The summed E-state index contributed by atoms with van der Waals surface area (Å²) >= 11 is 0. The predicted octanol–water partition coefficient (Wildman–Crippen LogP) is 5.52. The average molecular weight is 528 g/mol. The number of rotatable bonds is 7. The van der Waals surface area contributed by atoms with Crippen LogP contribution < -0.4 is 9.46 Å². The van der Waals surface area contributed by atoms with Crippen molar-refractivity contribution >= 4 is 10.0 Å². The van der Waals surface area contributed by atoms with Crippen molar-refractivity contribution in [2.24, 2.45) is 0 Å². The van der Waals surface area contributed by atoms with Gasteiger partial charge in [0.15, 0.2) is 0 Å². The van der Waals surface area contributed by atoms with E-state index in [-0.39, 0.29) is 17.9 Å². The van der Waals surface area contributed by atoms with E-state index in [4.69, 9.17) is 4.74 Å². The Morgan fingerprint density at radius 1 is 0.861 bits per heavy atom. The van der Waals surface area contributed by atoms with Gasteiger partial charge in [0.05, 0.1) is 11.0 Å². The molecule has 1 fully saturated rings. The number of sulfonamides is 1. The van der Waals surface area contributed by atoms with Crippen molar-refractivity contribution in [3.05, 3.63) is 95.6 Å². The third-order valence-electron chi connectivity index (χ3n) is 5.83. The number of benzene rings is 3. The van der Waals surface area contributed by atoms with E-state index < -0.39 is 51.8 Å². The first kappa shape index (κ1) is 26.1. The lowest BCUT2D eigenvalue weighted by Crippen LogP contribution is -2.43. The monoisotopic (exact) mass is 527 g/mol. The van der Waals surface area contributed by atoms with Gasteiger partial charge < -0.3 is 9.47 Å². The van der Waals surface area contributed by atoms with Crippen LogP contribution in [-0.4, -0.2) is 33.5 Å². The molecular weight excluding hydrogens is 505 g/mol. The summed E-state index contributed by atoms with van der Waals surface area (Å²) in [7, 11) is -4.05. The lowest BCUT2D eigenvalue weighted by Gasteiger charge is -2.35. The molecule has 0 saturated carbocycles. The average Bonchev–Trinajstić information content (AvgIpc) is 2.81. The summed E-state index contributed by atoms with van der Waals surface area (Å²) in [6, 6.07) is 15.0. The quantitative estimate of drug-likeness (QED) is 0.411. The van der Waals surface area contributed by atoms with Crippen LogP contribution in [0.5, 0.6) is 5.75 Å². The minimum atomic E-state index is -4.89. The highest BCUT2D eigenvalue weighted by Gasteiger charge is 2.34. The lowest BCUT2D eigenvalue weighted by atomic mass is 9.82. The van der Waals surface area contributed by atoms with Gasteiger partial charge in [0.2, 0.25) is 10.0 Å². The van der Waals surface area contributed by atoms with E-state index in [1.165, 1.54) is 24.3 Å². The van der Waals surface area contributed by atoms with Gasteiger partial charge >= 0.3 is 6.36 Å². The molecule has 0 aromatic heterocycles. The summed E-state index contributed by atoms with van der Waals surface area (Å²) in [6.45, 7) is 0.231. The first-order valence-electron chi connectivity index (χ1n) is 11.0. The zero-order valence-corrected chi connectivity index (χ0v) is 19.5. The molecule has 1 aliphatic heterocycles. The molecule has 11 heteroatoms. The molecule has 0 aliphatic carbocycles. The molecule has 2 atom stereocenters. The van der Waals surface area contributed by atoms with Crippen LogP contribution in [0.2, 0.25) is 0 Å². The van der Waals surface area contributed by atoms with Gasteiger partial charge in [-0.2, -0.15) is 0 Å². The van der Waals surface area contributed by atoms with Crippen LogP contribution >= 0.6 is 0 Å². The fraction of sp³-hybridized carbons (Fsp3) is 0.280. The van der Waals surface area contributed by atoms with Crippen LogP contribution in [0.4, 0.5) is 22.0 Å². The van der Waals surface area contributed by atoms with Gasteiger partial charge in [-0.1, -0.05) is 24.3 Å². The van der Waals surface area contributed by atoms with Crippen LogP contribution in [0.15, 0.2) is 77.7 Å². The highest BCUT2D eigenvalue weighted by atomic mass is 32.2. The first-order chi connectivity index (χ1) is 17.0. The second-order valence-electron chi connectivity index (χ2n) is 8.35. The SMILES string of the molecule is O=S(=O)(N[C@@H]1CCO[C@@H](C(c2ccc(F)cc2)c2ccc(F)cc2)C1)c1ccc(OC(F)(F)F)cc1. The van der Waals surface area contributed by atoms with E-state index in [0.717, 1.165) is 35.4 Å². The first-order valence-corrected chi connectivity index (χ1v) is 12.5. The Balaban J connectivity index is 1.53. The molecule has 3 aromatic rings. The van der Waals surface area contributed by atoms with Crippen LogP contribution in [0.25, 0.3) is 0 Å². The van der Waals surface area contributed by atoms with Gasteiger partial charge in [0, 0.05) is 18.6 Å². The summed E-state index contributed by atoms with van der Waals surface area (Å²) in [4.78, 5) is -0.214. The highest BCUT2D eigenvalue weighted by Crippen LogP contribution is 2.35. The van der Waals surface area contributed by atoms with E-state index >= 15 is 0 Å². The lowest BCUT2D eigenvalue weighted by molar-refractivity contribution is -0.274. The number of hydrogen-bond acceptors (Lipinski definition) is 4. The maximum Gasteiger partial charge on any atom is 0.573 e. The minimum Gasteiger partial charge on any atom is -0.406 e. The topological polar surface area (TPSA) is 64.6 Å².